The summed E-state index contributed by atoms with van der Waals surface area (Å²) in [5.41, 5.74) is 1.27. The first-order valence-corrected chi connectivity index (χ1v) is 8.85. The summed E-state index contributed by atoms with van der Waals surface area (Å²) >= 11 is 0. The maximum atomic E-state index is 12.8. The number of likely N-dealkylation sites (tertiary alicyclic amines) is 1. The van der Waals surface area contributed by atoms with Crippen molar-refractivity contribution >= 4 is 17.0 Å². The van der Waals surface area contributed by atoms with Crippen LogP contribution in [0.3, 0.4) is 0 Å². The number of ether oxygens (including phenoxy) is 2. The van der Waals surface area contributed by atoms with Gasteiger partial charge in [0.15, 0.2) is 11.9 Å². The van der Waals surface area contributed by atoms with E-state index in [1.807, 2.05) is 23.1 Å². The average Bonchev–Trinajstić information content (AvgIpc) is 3.27. The molecule has 1 amide bonds. The Bertz CT molecular complexity index is 805. The molecule has 2 fully saturated rings. The second-order valence-electron chi connectivity index (χ2n) is 6.50. The maximum Gasteiger partial charge on any atom is 0.419 e. The molecule has 0 bridgehead atoms. The maximum absolute atomic E-state index is 12.8. The number of hydrogen-bond donors (Lipinski definition) is 0. The van der Waals surface area contributed by atoms with Crippen LogP contribution in [0.25, 0.3) is 11.1 Å². The van der Waals surface area contributed by atoms with Gasteiger partial charge in [-0.15, -0.1) is 0 Å². The molecule has 0 aliphatic carbocycles. The second-order valence-corrected chi connectivity index (χ2v) is 6.50. The number of aromatic nitrogens is 1. The number of amides is 1. The predicted molar refractivity (Wildman–Crippen MR) is 90.1 cm³/mol. The van der Waals surface area contributed by atoms with Crippen molar-refractivity contribution in [1.82, 2.24) is 9.47 Å². The van der Waals surface area contributed by atoms with Gasteiger partial charge in [0.05, 0.1) is 24.8 Å². The first-order valence-electron chi connectivity index (χ1n) is 8.85. The number of oxazole rings is 1. The Morgan fingerprint density at radius 2 is 1.96 bits per heavy atom. The van der Waals surface area contributed by atoms with Crippen LogP contribution in [0.5, 0.6) is 0 Å². The van der Waals surface area contributed by atoms with Gasteiger partial charge in [0.2, 0.25) is 5.91 Å². The Hall–Kier alpha value is -2.12. The number of benzene rings is 1. The van der Waals surface area contributed by atoms with Crippen LogP contribution in [0.2, 0.25) is 0 Å². The zero-order valence-corrected chi connectivity index (χ0v) is 14.1. The fourth-order valence-electron chi connectivity index (χ4n) is 3.73. The van der Waals surface area contributed by atoms with E-state index in [4.69, 9.17) is 13.9 Å². The van der Waals surface area contributed by atoms with Crippen LogP contribution in [0.15, 0.2) is 33.5 Å². The molecule has 2 aliphatic rings. The first kappa shape index (κ1) is 16.4. The predicted octanol–water partition coefficient (Wildman–Crippen LogP) is 1.74. The summed E-state index contributed by atoms with van der Waals surface area (Å²) in [4.78, 5) is 26.7. The molecule has 0 unspecified atom stereocenters. The highest BCUT2D eigenvalue weighted by Gasteiger charge is 2.36. The number of carbonyl (C=O) groups is 1. The summed E-state index contributed by atoms with van der Waals surface area (Å²) in [6.45, 7) is 2.19. The molecule has 1 aromatic heterocycles. The zero-order valence-electron chi connectivity index (χ0n) is 14.1. The van der Waals surface area contributed by atoms with E-state index in [9.17, 15) is 9.59 Å². The molecule has 2 saturated heterocycles. The monoisotopic (exact) mass is 346 g/mol. The number of rotatable bonds is 4. The first-order chi connectivity index (χ1) is 12.2. The minimum atomic E-state index is -0.424. The smallest absolute Gasteiger partial charge is 0.408 e. The molecule has 7 heteroatoms. The Morgan fingerprint density at radius 1 is 1.16 bits per heavy atom. The van der Waals surface area contributed by atoms with Crippen molar-refractivity contribution in [3.63, 3.8) is 0 Å². The number of piperidine rings is 1. The second kappa shape index (κ2) is 7.01. The summed E-state index contributed by atoms with van der Waals surface area (Å²) in [7, 11) is 0. The van der Waals surface area contributed by atoms with Gasteiger partial charge in [-0.1, -0.05) is 12.1 Å². The molecular formula is C18H22N2O5. The van der Waals surface area contributed by atoms with Gasteiger partial charge in [0.25, 0.3) is 0 Å². The van der Waals surface area contributed by atoms with E-state index in [1.165, 1.54) is 4.57 Å². The molecule has 2 aromatic rings. The molecular weight excluding hydrogens is 324 g/mol. The number of nitrogens with zero attached hydrogens (tertiary/aromatic N) is 2. The lowest BCUT2D eigenvalue weighted by atomic mass is 10.0. The fraction of sp³-hybridized carbons (Fsp3) is 0.556. The quantitative estimate of drug-likeness (QED) is 0.843. The van der Waals surface area contributed by atoms with E-state index in [1.54, 1.807) is 6.07 Å². The molecule has 1 aromatic carbocycles. The molecule has 3 heterocycles. The summed E-state index contributed by atoms with van der Waals surface area (Å²) in [5, 5.41) is 0. The lowest BCUT2D eigenvalue weighted by Gasteiger charge is -2.38. The molecule has 134 valence electrons. The lowest BCUT2D eigenvalue weighted by molar-refractivity contribution is -0.150. The normalized spacial score (nSPS) is 21.9. The summed E-state index contributed by atoms with van der Waals surface area (Å²) in [6, 6.07) is 7.23. The van der Waals surface area contributed by atoms with Gasteiger partial charge in [-0.3, -0.25) is 9.36 Å². The molecule has 25 heavy (non-hydrogen) atoms. The molecule has 2 aliphatic heterocycles. The van der Waals surface area contributed by atoms with Crippen molar-refractivity contribution < 1.29 is 18.7 Å². The van der Waals surface area contributed by atoms with E-state index >= 15 is 0 Å². The van der Waals surface area contributed by atoms with Crippen molar-refractivity contribution in [2.24, 2.45) is 0 Å². The third-order valence-corrected chi connectivity index (χ3v) is 4.95. The van der Waals surface area contributed by atoms with Crippen LogP contribution in [0.4, 0.5) is 0 Å². The summed E-state index contributed by atoms with van der Waals surface area (Å²) in [6.07, 6.45) is 2.90. The Balaban J connectivity index is 1.47. The largest absolute Gasteiger partial charge is 0.419 e. The van der Waals surface area contributed by atoms with Gasteiger partial charge in [0.1, 0.15) is 0 Å². The highest BCUT2D eigenvalue weighted by molar-refractivity contribution is 5.77. The van der Waals surface area contributed by atoms with E-state index in [0.29, 0.717) is 31.9 Å². The topological polar surface area (TPSA) is 73.9 Å². The number of para-hydroxylation sites is 2. The fourth-order valence-corrected chi connectivity index (χ4v) is 3.73. The molecule has 0 radical (unpaired) electrons. The molecule has 7 nitrogen and oxygen atoms in total. The van der Waals surface area contributed by atoms with Crippen LogP contribution in [0.1, 0.15) is 25.7 Å². The summed E-state index contributed by atoms with van der Waals surface area (Å²) < 4.78 is 18.0. The van der Waals surface area contributed by atoms with Gasteiger partial charge in [0, 0.05) is 19.5 Å². The minimum Gasteiger partial charge on any atom is -0.408 e. The highest BCUT2D eigenvalue weighted by Crippen LogP contribution is 2.25. The molecule has 0 N–H and O–H groups in total. The van der Waals surface area contributed by atoms with E-state index in [0.717, 1.165) is 24.8 Å². The molecule has 0 saturated carbocycles. The Labute approximate surface area is 145 Å². The summed E-state index contributed by atoms with van der Waals surface area (Å²) in [5.74, 6) is -0.396. The van der Waals surface area contributed by atoms with Gasteiger partial charge >= 0.3 is 5.76 Å². The SMILES string of the molecule is O=C(CCn1c(=O)oc2ccccc21)N1CCCC[C@H]1C1OCCO1. The van der Waals surface area contributed by atoms with Crippen LogP contribution < -0.4 is 5.76 Å². The average molecular weight is 346 g/mol. The zero-order chi connectivity index (χ0) is 17.2. The van der Waals surface area contributed by atoms with Crippen molar-refractivity contribution in [2.75, 3.05) is 19.8 Å². The van der Waals surface area contributed by atoms with Crippen LogP contribution in [-0.2, 0) is 20.8 Å². The van der Waals surface area contributed by atoms with Crippen molar-refractivity contribution in [1.29, 1.82) is 0 Å². The third kappa shape index (κ3) is 3.21. The van der Waals surface area contributed by atoms with Crippen LogP contribution in [0, 0.1) is 0 Å². The Kier molecular flexibility index (Phi) is 4.59. The minimum absolute atomic E-state index is 0.0263. The van der Waals surface area contributed by atoms with Crippen LogP contribution in [-0.4, -0.2) is 47.5 Å². The molecule has 1 atom stereocenters. The van der Waals surface area contributed by atoms with Gasteiger partial charge in [-0.25, -0.2) is 4.79 Å². The standard InChI is InChI=1S/C18H22N2O5/c21-16(19-9-4-3-6-14(19)17-23-11-12-24-17)8-10-20-13-5-1-2-7-15(13)25-18(20)22/h1-2,5,7,14,17H,3-4,6,8-12H2/t14-/m0/s1. The third-order valence-electron chi connectivity index (χ3n) is 4.95. The highest BCUT2D eigenvalue weighted by atomic mass is 16.7. The van der Waals surface area contributed by atoms with E-state index in [2.05, 4.69) is 0 Å². The molecule has 0 spiro atoms. The Morgan fingerprint density at radius 3 is 2.80 bits per heavy atom. The number of aryl methyl sites for hydroxylation is 1. The molecule has 4 rings (SSSR count). The number of fused-ring (bicyclic) bond motifs is 1. The lowest BCUT2D eigenvalue weighted by Crippen LogP contribution is -2.50. The van der Waals surface area contributed by atoms with Crippen LogP contribution >= 0.6 is 0 Å². The number of carbonyl (C=O) groups excluding carboxylic acids is 1. The van der Waals surface area contributed by atoms with E-state index < -0.39 is 5.76 Å². The van der Waals surface area contributed by atoms with E-state index in [-0.39, 0.29) is 24.7 Å². The number of hydrogen-bond acceptors (Lipinski definition) is 5. The van der Waals surface area contributed by atoms with Gasteiger partial charge in [-0.05, 0) is 31.4 Å². The van der Waals surface area contributed by atoms with Gasteiger partial charge < -0.3 is 18.8 Å². The van der Waals surface area contributed by atoms with Crippen molar-refractivity contribution in [2.45, 2.75) is 44.6 Å². The van der Waals surface area contributed by atoms with Crippen molar-refractivity contribution in [3.8, 4) is 0 Å². The van der Waals surface area contributed by atoms with Crippen molar-refractivity contribution in [3.05, 3.63) is 34.8 Å². The van der Waals surface area contributed by atoms with Gasteiger partial charge in [-0.2, -0.15) is 0 Å².